The molecule has 2 aromatic rings. The van der Waals surface area contributed by atoms with Crippen LogP contribution < -0.4 is 4.90 Å². The van der Waals surface area contributed by atoms with Crippen molar-refractivity contribution in [1.29, 1.82) is 0 Å². The molecule has 0 aliphatic carbocycles. The van der Waals surface area contributed by atoms with Crippen molar-refractivity contribution in [3.63, 3.8) is 0 Å². The molecule has 4 rings (SSSR count). The van der Waals surface area contributed by atoms with Gasteiger partial charge in [-0.25, -0.2) is 0 Å². The number of hydrogen-bond acceptors (Lipinski definition) is 5. The molecule has 1 atom stereocenters. The van der Waals surface area contributed by atoms with E-state index >= 15 is 0 Å². The number of anilines is 1. The van der Waals surface area contributed by atoms with Crippen molar-refractivity contribution in [3.8, 4) is 0 Å². The highest BCUT2D eigenvalue weighted by molar-refractivity contribution is 6.30. The first-order valence-electron chi connectivity index (χ1n) is 10.5. The van der Waals surface area contributed by atoms with E-state index in [1.165, 1.54) is 5.69 Å². The Hall–Kier alpha value is -2.05. The number of aromatic nitrogens is 1. The first-order chi connectivity index (χ1) is 14.0. The topological polar surface area (TPSA) is 52.8 Å². The van der Waals surface area contributed by atoms with Crippen LogP contribution in [0.3, 0.4) is 0 Å². The zero-order valence-electron chi connectivity index (χ0n) is 17.2. The van der Waals surface area contributed by atoms with Gasteiger partial charge in [-0.3, -0.25) is 9.69 Å². The molecule has 1 unspecified atom stereocenters. The first-order valence-corrected chi connectivity index (χ1v) is 10.8. The van der Waals surface area contributed by atoms with Crippen LogP contribution in [-0.2, 0) is 11.2 Å². The number of aryl methyl sites for hydroxylation is 2. The van der Waals surface area contributed by atoms with Crippen molar-refractivity contribution >= 4 is 23.2 Å². The second-order valence-corrected chi connectivity index (χ2v) is 8.55. The summed E-state index contributed by atoms with van der Waals surface area (Å²) in [4.78, 5) is 19.9. The van der Waals surface area contributed by atoms with Crippen LogP contribution in [0.25, 0.3) is 0 Å². The zero-order chi connectivity index (χ0) is 20.4. The van der Waals surface area contributed by atoms with Crippen molar-refractivity contribution in [3.05, 3.63) is 46.3 Å². The van der Waals surface area contributed by atoms with Gasteiger partial charge in [0.15, 0.2) is 0 Å². The number of nitrogens with zero attached hydrogens (tertiary/aromatic N) is 4. The molecular weight excluding hydrogens is 388 g/mol. The number of carbonyl (C=O) groups excluding carboxylic acids is 1. The minimum atomic E-state index is 0.182. The van der Waals surface area contributed by atoms with Gasteiger partial charge in [0.2, 0.25) is 5.91 Å². The molecule has 1 aromatic carbocycles. The highest BCUT2D eigenvalue weighted by atomic mass is 35.5. The van der Waals surface area contributed by atoms with Crippen LogP contribution in [0.5, 0.6) is 0 Å². The number of benzene rings is 1. The molecule has 0 spiro atoms. The van der Waals surface area contributed by atoms with Crippen LogP contribution in [0.4, 0.5) is 5.69 Å². The lowest BCUT2D eigenvalue weighted by molar-refractivity contribution is -0.132. The van der Waals surface area contributed by atoms with Crippen LogP contribution in [-0.4, -0.2) is 66.2 Å². The zero-order valence-corrected chi connectivity index (χ0v) is 18.0. The highest BCUT2D eigenvalue weighted by Gasteiger charge is 2.30. The Balaban J connectivity index is 1.32. The quantitative estimate of drug-likeness (QED) is 0.765. The average molecular weight is 417 g/mol. The minimum absolute atomic E-state index is 0.182. The molecule has 2 saturated heterocycles. The van der Waals surface area contributed by atoms with Crippen molar-refractivity contribution < 1.29 is 9.32 Å². The maximum absolute atomic E-state index is 12.9. The van der Waals surface area contributed by atoms with E-state index in [4.69, 9.17) is 16.1 Å². The number of piperidine rings is 1. The second kappa shape index (κ2) is 8.76. The van der Waals surface area contributed by atoms with Gasteiger partial charge < -0.3 is 14.3 Å². The fraction of sp³-hybridized carbons (Fsp3) is 0.545. The Morgan fingerprint density at radius 2 is 2.00 bits per heavy atom. The summed E-state index contributed by atoms with van der Waals surface area (Å²) in [6.45, 7) is 9.46. The lowest BCUT2D eigenvalue weighted by Gasteiger charge is -2.44. The number of likely N-dealkylation sites (tertiary alicyclic amines) is 1. The molecule has 3 heterocycles. The van der Waals surface area contributed by atoms with Gasteiger partial charge in [-0.1, -0.05) is 22.8 Å². The number of hydrogen-bond donors (Lipinski definition) is 0. The van der Waals surface area contributed by atoms with E-state index in [9.17, 15) is 4.79 Å². The minimum Gasteiger partial charge on any atom is -0.369 e. The fourth-order valence-corrected chi connectivity index (χ4v) is 4.70. The molecule has 2 fully saturated rings. The number of carbonyl (C=O) groups is 1. The number of piperazine rings is 1. The molecule has 0 N–H and O–H groups in total. The number of rotatable bonds is 4. The van der Waals surface area contributed by atoms with Crippen LogP contribution in [0.1, 0.15) is 29.9 Å². The van der Waals surface area contributed by atoms with Gasteiger partial charge in [0.1, 0.15) is 5.76 Å². The third-order valence-electron chi connectivity index (χ3n) is 6.26. The van der Waals surface area contributed by atoms with E-state index in [0.29, 0.717) is 12.5 Å². The Kier molecular flexibility index (Phi) is 6.11. The van der Waals surface area contributed by atoms with Gasteiger partial charge >= 0.3 is 0 Å². The lowest BCUT2D eigenvalue weighted by atomic mass is 10.0. The van der Waals surface area contributed by atoms with Crippen molar-refractivity contribution in [1.82, 2.24) is 15.0 Å². The van der Waals surface area contributed by atoms with E-state index in [-0.39, 0.29) is 5.91 Å². The summed E-state index contributed by atoms with van der Waals surface area (Å²) in [5, 5.41) is 4.76. The Morgan fingerprint density at radius 3 is 2.69 bits per heavy atom. The summed E-state index contributed by atoms with van der Waals surface area (Å²) in [6.07, 6.45) is 2.61. The molecule has 29 heavy (non-hydrogen) atoms. The van der Waals surface area contributed by atoms with Crippen LogP contribution in [0.15, 0.2) is 28.8 Å². The molecule has 0 radical (unpaired) electrons. The molecule has 7 heteroatoms. The second-order valence-electron chi connectivity index (χ2n) is 8.12. The third kappa shape index (κ3) is 4.59. The largest absolute Gasteiger partial charge is 0.369 e. The van der Waals surface area contributed by atoms with Crippen molar-refractivity contribution in [2.75, 3.05) is 44.2 Å². The van der Waals surface area contributed by atoms with E-state index in [1.54, 1.807) is 0 Å². The predicted octanol–water partition coefficient (Wildman–Crippen LogP) is 3.30. The van der Waals surface area contributed by atoms with Crippen molar-refractivity contribution in [2.24, 2.45) is 0 Å². The molecule has 0 bridgehead atoms. The summed E-state index contributed by atoms with van der Waals surface area (Å²) in [5.74, 6) is 0.934. The molecule has 1 aromatic heterocycles. The van der Waals surface area contributed by atoms with Gasteiger partial charge in [0.25, 0.3) is 0 Å². The van der Waals surface area contributed by atoms with Gasteiger partial charge in [-0.2, -0.15) is 0 Å². The maximum atomic E-state index is 12.9. The SMILES string of the molecule is Cc1noc(C)c1CC(=O)N1CCCC(N2CCN(c3cccc(Cl)c3)CC2)C1. The lowest BCUT2D eigenvalue weighted by Crippen LogP contribution is -2.56. The van der Waals surface area contributed by atoms with Crippen LogP contribution in [0, 0.1) is 13.8 Å². The van der Waals surface area contributed by atoms with Gasteiger partial charge in [0.05, 0.1) is 12.1 Å². The van der Waals surface area contributed by atoms with E-state index in [0.717, 1.165) is 74.2 Å². The Morgan fingerprint density at radius 1 is 1.21 bits per heavy atom. The van der Waals surface area contributed by atoms with E-state index < -0.39 is 0 Å². The number of halogens is 1. The van der Waals surface area contributed by atoms with Crippen molar-refractivity contribution in [2.45, 2.75) is 39.2 Å². The monoisotopic (exact) mass is 416 g/mol. The average Bonchev–Trinajstić information content (AvgIpc) is 3.06. The summed E-state index contributed by atoms with van der Waals surface area (Å²) in [6, 6.07) is 8.52. The molecule has 6 nitrogen and oxygen atoms in total. The normalized spacial score (nSPS) is 20.9. The van der Waals surface area contributed by atoms with Gasteiger partial charge in [-0.15, -0.1) is 0 Å². The predicted molar refractivity (Wildman–Crippen MR) is 115 cm³/mol. The van der Waals surface area contributed by atoms with Crippen LogP contribution in [0.2, 0.25) is 5.02 Å². The summed E-state index contributed by atoms with van der Waals surface area (Å²) in [5.41, 5.74) is 2.95. The Labute approximate surface area is 177 Å². The molecule has 0 saturated carbocycles. The smallest absolute Gasteiger partial charge is 0.227 e. The number of amides is 1. The maximum Gasteiger partial charge on any atom is 0.227 e. The summed E-state index contributed by atoms with van der Waals surface area (Å²) >= 11 is 6.15. The Bertz CT molecular complexity index is 841. The molecular formula is C22H29ClN4O2. The molecule has 1 amide bonds. The molecule has 2 aliphatic rings. The summed E-state index contributed by atoms with van der Waals surface area (Å²) in [7, 11) is 0. The van der Waals surface area contributed by atoms with E-state index in [1.807, 2.05) is 36.9 Å². The first kappa shape index (κ1) is 20.2. The van der Waals surface area contributed by atoms with E-state index in [2.05, 4.69) is 21.0 Å². The third-order valence-corrected chi connectivity index (χ3v) is 6.50. The van der Waals surface area contributed by atoms with Gasteiger partial charge in [0, 0.05) is 61.6 Å². The van der Waals surface area contributed by atoms with Gasteiger partial charge in [-0.05, 0) is 44.9 Å². The standard InChI is InChI=1S/C22H29ClN4O2/c1-16-21(17(2)29-24-16)14-22(28)27-8-4-7-20(15-27)26-11-9-25(10-12-26)19-6-3-5-18(23)13-19/h3,5-6,13,20H,4,7-12,14-15H2,1-2H3. The highest BCUT2D eigenvalue weighted by Crippen LogP contribution is 2.24. The molecule has 2 aliphatic heterocycles. The fourth-order valence-electron chi connectivity index (χ4n) is 4.51. The molecule has 156 valence electrons. The summed E-state index contributed by atoms with van der Waals surface area (Å²) < 4.78 is 5.21. The van der Waals surface area contributed by atoms with Crippen LogP contribution >= 0.6 is 11.6 Å².